The minimum atomic E-state index is -0.642. The second kappa shape index (κ2) is 3.92. The molecule has 0 N–H and O–H groups in total. The lowest BCUT2D eigenvalue weighted by Crippen LogP contribution is -2.68. The van der Waals surface area contributed by atoms with Gasteiger partial charge in [-0.2, -0.15) is 0 Å². The summed E-state index contributed by atoms with van der Waals surface area (Å²) >= 11 is 0. The van der Waals surface area contributed by atoms with Crippen molar-refractivity contribution in [1.29, 1.82) is 0 Å². The Hall–Kier alpha value is -1.19. The van der Waals surface area contributed by atoms with E-state index in [9.17, 15) is 9.59 Å². The van der Waals surface area contributed by atoms with E-state index in [-0.39, 0.29) is 17.2 Å². The molecular weight excluding hydrogens is 254 g/mol. The summed E-state index contributed by atoms with van der Waals surface area (Å²) in [5, 5.41) is 0. The summed E-state index contributed by atoms with van der Waals surface area (Å²) in [6.45, 7) is 9.78. The molecule has 0 unspecified atom stereocenters. The molecule has 110 valence electrons. The van der Waals surface area contributed by atoms with Gasteiger partial charge in [-0.05, 0) is 38.0 Å². The van der Waals surface area contributed by atoms with Gasteiger partial charge in [0.15, 0.2) is 11.6 Å². The Kier molecular flexibility index (Phi) is 2.70. The molecule has 20 heavy (non-hydrogen) atoms. The van der Waals surface area contributed by atoms with Crippen LogP contribution in [0, 0.1) is 23.2 Å². The van der Waals surface area contributed by atoms with Gasteiger partial charge in [-0.1, -0.05) is 20.8 Å². The quantitative estimate of drug-likeness (QED) is 0.728. The molecule has 0 aromatic rings. The van der Waals surface area contributed by atoms with E-state index in [1.807, 2.05) is 6.92 Å². The van der Waals surface area contributed by atoms with E-state index >= 15 is 0 Å². The molecule has 0 radical (unpaired) electrons. The maximum Gasteiger partial charge on any atom is 0.332 e. The topological polar surface area (TPSA) is 55.7 Å². The molecule has 5 atom stereocenters. The third-order valence-electron chi connectivity index (χ3n) is 6.11. The average molecular weight is 277 g/mol. The SMILES string of the molecule is CC(=O)[C@H](C)[C@H]1N=C2C[C@H]3C[C@H](C3(C)C)[C@@]2(C)OC1=O. The van der Waals surface area contributed by atoms with Crippen LogP contribution in [-0.2, 0) is 14.3 Å². The number of nitrogens with zero attached hydrogens (tertiary/aromatic N) is 1. The van der Waals surface area contributed by atoms with Crippen LogP contribution >= 0.6 is 0 Å². The number of rotatable bonds is 2. The normalized spacial score (nSPS) is 42.8. The summed E-state index contributed by atoms with van der Waals surface area (Å²) in [4.78, 5) is 28.5. The van der Waals surface area contributed by atoms with Crippen molar-refractivity contribution < 1.29 is 14.3 Å². The van der Waals surface area contributed by atoms with Crippen LogP contribution in [0.25, 0.3) is 0 Å². The van der Waals surface area contributed by atoms with Crippen molar-refractivity contribution in [3.63, 3.8) is 0 Å². The van der Waals surface area contributed by atoms with Gasteiger partial charge in [0.05, 0.1) is 5.71 Å². The summed E-state index contributed by atoms with van der Waals surface area (Å²) in [6, 6.07) is -0.642. The summed E-state index contributed by atoms with van der Waals surface area (Å²) in [5.74, 6) is 0.238. The van der Waals surface area contributed by atoms with E-state index in [1.54, 1.807) is 6.92 Å². The molecule has 0 aromatic carbocycles. The Bertz CT molecular complexity index is 522. The van der Waals surface area contributed by atoms with Crippen LogP contribution in [0.2, 0.25) is 0 Å². The summed E-state index contributed by atoms with van der Waals surface area (Å²) in [7, 11) is 0. The monoisotopic (exact) mass is 277 g/mol. The third kappa shape index (κ3) is 1.57. The first-order valence-corrected chi connectivity index (χ1v) is 7.48. The fourth-order valence-corrected chi connectivity index (χ4v) is 4.27. The molecule has 4 rings (SSSR count). The van der Waals surface area contributed by atoms with Crippen LogP contribution in [0.5, 0.6) is 0 Å². The summed E-state index contributed by atoms with van der Waals surface area (Å²) < 4.78 is 5.83. The average Bonchev–Trinajstić information content (AvgIpc) is 2.34. The molecule has 3 saturated carbocycles. The van der Waals surface area contributed by atoms with Crippen molar-refractivity contribution in [2.24, 2.45) is 28.2 Å². The molecule has 4 heteroatoms. The largest absolute Gasteiger partial charge is 0.451 e. The molecular formula is C16H23NO3. The van der Waals surface area contributed by atoms with Crippen molar-refractivity contribution in [2.45, 2.75) is 59.1 Å². The van der Waals surface area contributed by atoms with Crippen LogP contribution < -0.4 is 0 Å². The molecule has 1 heterocycles. The van der Waals surface area contributed by atoms with Gasteiger partial charge in [-0.15, -0.1) is 0 Å². The molecule has 4 aliphatic rings. The van der Waals surface area contributed by atoms with Crippen LogP contribution in [0.1, 0.15) is 47.5 Å². The highest BCUT2D eigenvalue weighted by molar-refractivity contribution is 6.02. The molecule has 4 nitrogen and oxygen atoms in total. The minimum absolute atomic E-state index is 0.0128. The Morgan fingerprint density at radius 1 is 1.40 bits per heavy atom. The molecule has 0 saturated heterocycles. The molecule has 0 aromatic heterocycles. The minimum Gasteiger partial charge on any atom is -0.451 e. The maximum atomic E-state index is 12.3. The number of aliphatic imine (C=N–C) groups is 1. The van der Waals surface area contributed by atoms with Gasteiger partial charge in [0.1, 0.15) is 5.78 Å². The second-order valence-electron chi connectivity index (χ2n) is 7.46. The summed E-state index contributed by atoms with van der Waals surface area (Å²) in [6.07, 6.45) is 2.01. The number of esters is 1. The number of carbonyl (C=O) groups excluding carboxylic acids is 2. The smallest absolute Gasteiger partial charge is 0.332 e. The molecule has 3 aliphatic carbocycles. The maximum absolute atomic E-state index is 12.3. The third-order valence-corrected chi connectivity index (χ3v) is 6.11. The number of ketones is 1. The van der Waals surface area contributed by atoms with Gasteiger partial charge in [0, 0.05) is 11.8 Å². The van der Waals surface area contributed by atoms with E-state index in [2.05, 4.69) is 18.8 Å². The molecule has 0 spiro atoms. The highest BCUT2D eigenvalue weighted by atomic mass is 16.6. The summed E-state index contributed by atoms with van der Waals surface area (Å²) in [5.41, 5.74) is 0.658. The molecule has 1 aliphatic heterocycles. The highest BCUT2D eigenvalue weighted by Crippen LogP contribution is 2.63. The van der Waals surface area contributed by atoms with Gasteiger partial charge in [-0.3, -0.25) is 9.79 Å². The fraction of sp³-hybridized carbons (Fsp3) is 0.812. The van der Waals surface area contributed by atoms with E-state index in [0.717, 1.165) is 18.6 Å². The Morgan fingerprint density at radius 2 is 2.05 bits per heavy atom. The standard InChI is InChI=1S/C16H23NO3/c1-8(9(2)18)13-14(19)20-16(5)11-6-10(15(11,3)4)7-12(16)17-13/h8,10-11,13H,6-7H2,1-5H3/t8-,10+,11+,13+,16+/m0/s1. The molecule has 2 bridgehead atoms. The predicted molar refractivity (Wildman–Crippen MR) is 75.6 cm³/mol. The van der Waals surface area contributed by atoms with Gasteiger partial charge in [0.2, 0.25) is 0 Å². The lowest BCUT2D eigenvalue weighted by Gasteiger charge is -2.64. The Labute approximate surface area is 120 Å². The van der Waals surface area contributed by atoms with Crippen molar-refractivity contribution in [3.05, 3.63) is 0 Å². The number of hydrogen-bond acceptors (Lipinski definition) is 4. The zero-order chi connectivity index (χ0) is 14.9. The van der Waals surface area contributed by atoms with Crippen LogP contribution in [0.3, 0.4) is 0 Å². The Balaban J connectivity index is 1.97. The van der Waals surface area contributed by atoms with Crippen molar-refractivity contribution in [1.82, 2.24) is 0 Å². The number of Topliss-reactive ketones (excluding diaryl/α,β-unsaturated/α-hetero) is 1. The lowest BCUT2D eigenvalue weighted by molar-refractivity contribution is -0.189. The highest BCUT2D eigenvalue weighted by Gasteiger charge is 2.65. The van der Waals surface area contributed by atoms with Gasteiger partial charge in [-0.25, -0.2) is 4.79 Å². The van der Waals surface area contributed by atoms with Gasteiger partial charge in [0.25, 0.3) is 0 Å². The Morgan fingerprint density at radius 3 is 2.60 bits per heavy atom. The van der Waals surface area contributed by atoms with Crippen molar-refractivity contribution in [3.8, 4) is 0 Å². The van der Waals surface area contributed by atoms with E-state index < -0.39 is 17.6 Å². The van der Waals surface area contributed by atoms with E-state index in [0.29, 0.717) is 11.8 Å². The first-order valence-electron chi connectivity index (χ1n) is 7.48. The zero-order valence-electron chi connectivity index (χ0n) is 12.9. The fourth-order valence-electron chi connectivity index (χ4n) is 4.27. The van der Waals surface area contributed by atoms with Gasteiger partial charge < -0.3 is 4.74 Å². The van der Waals surface area contributed by atoms with Crippen LogP contribution in [0.4, 0.5) is 0 Å². The molecule has 0 amide bonds. The number of hydrogen-bond donors (Lipinski definition) is 0. The number of ether oxygens (including phenoxy) is 1. The van der Waals surface area contributed by atoms with Crippen LogP contribution in [-0.4, -0.2) is 29.1 Å². The van der Waals surface area contributed by atoms with E-state index in [4.69, 9.17) is 4.74 Å². The van der Waals surface area contributed by atoms with Crippen molar-refractivity contribution >= 4 is 17.5 Å². The van der Waals surface area contributed by atoms with Crippen molar-refractivity contribution in [2.75, 3.05) is 0 Å². The first kappa shape index (κ1) is 13.8. The zero-order valence-corrected chi connectivity index (χ0v) is 12.9. The first-order chi connectivity index (χ1) is 9.18. The lowest BCUT2D eigenvalue weighted by atomic mass is 9.43. The van der Waals surface area contributed by atoms with Crippen LogP contribution in [0.15, 0.2) is 4.99 Å². The van der Waals surface area contributed by atoms with E-state index in [1.165, 1.54) is 6.92 Å². The number of carbonyl (C=O) groups is 2. The second-order valence-corrected chi connectivity index (χ2v) is 7.46. The molecule has 3 fully saturated rings. The van der Waals surface area contributed by atoms with Gasteiger partial charge >= 0.3 is 5.97 Å². The predicted octanol–water partition coefficient (Wildman–Crippen LogP) is 2.40.